The molecular weight excluding hydrogens is 304 g/mol. The van der Waals surface area contributed by atoms with Crippen molar-refractivity contribution in [3.05, 3.63) is 28.8 Å². The van der Waals surface area contributed by atoms with E-state index in [1.165, 1.54) is 11.3 Å². The topological polar surface area (TPSA) is 84.5 Å². The first kappa shape index (κ1) is 14.5. The lowest BCUT2D eigenvalue weighted by atomic mass is 10.2. The molecule has 22 heavy (non-hydrogen) atoms. The molecule has 1 aliphatic rings. The third-order valence-electron chi connectivity index (χ3n) is 3.16. The smallest absolute Gasteiger partial charge is 0.319 e. The summed E-state index contributed by atoms with van der Waals surface area (Å²) < 4.78 is 10.6. The summed E-state index contributed by atoms with van der Waals surface area (Å²) in [5.41, 5.74) is 2.41. The van der Waals surface area contributed by atoms with E-state index in [1.54, 1.807) is 6.07 Å². The quantitative estimate of drug-likeness (QED) is 0.806. The number of aromatic nitrogens is 1. The average molecular weight is 320 g/mol. The Labute approximate surface area is 131 Å². The van der Waals surface area contributed by atoms with Gasteiger partial charge in [0.25, 0.3) is 0 Å². The Morgan fingerprint density at radius 3 is 2.86 bits per heavy atom. The molecule has 1 aliphatic heterocycles. The highest BCUT2D eigenvalue weighted by Crippen LogP contribution is 2.36. The molecule has 3 N–H and O–H groups in total. The molecule has 0 saturated heterocycles. The summed E-state index contributed by atoms with van der Waals surface area (Å²) >= 11 is 1.50. The van der Waals surface area contributed by atoms with E-state index in [0.717, 1.165) is 16.4 Å². The number of hydrogen-bond acceptors (Lipinski definition) is 6. The Hall–Kier alpha value is -2.48. The molecule has 2 amide bonds. The largest absolute Gasteiger partial charge is 0.454 e. The number of fused-ring (bicyclic) bond motifs is 1. The molecule has 0 saturated carbocycles. The van der Waals surface area contributed by atoms with E-state index >= 15 is 0 Å². The van der Waals surface area contributed by atoms with Crippen molar-refractivity contribution < 1.29 is 14.3 Å². The van der Waals surface area contributed by atoms with Crippen LogP contribution in [0.4, 0.5) is 15.6 Å². The molecule has 2 aromatic rings. The molecule has 0 aliphatic carbocycles. The van der Waals surface area contributed by atoms with E-state index < -0.39 is 0 Å². The van der Waals surface area contributed by atoms with E-state index in [0.29, 0.717) is 23.7 Å². The molecule has 2 heterocycles. The van der Waals surface area contributed by atoms with E-state index in [1.807, 2.05) is 25.4 Å². The fourth-order valence-corrected chi connectivity index (χ4v) is 2.69. The molecule has 116 valence electrons. The Morgan fingerprint density at radius 1 is 1.36 bits per heavy atom. The van der Waals surface area contributed by atoms with Crippen LogP contribution in [0.2, 0.25) is 0 Å². The summed E-state index contributed by atoms with van der Waals surface area (Å²) in [6.07, 6.45) is 0. The molecule has 8 heteroatoms. The van der Waals surface area contributed by atoms with Crippen LogP contribution in [0.1, 0.15) is 11.3 Å². The number of carbonyl (C=O) groups is 1. The van der Waals surface area contributed by atoms with Gasteiger partial charge in [0.05, 0.1) is 12.2 Å². The Morgan fingerprint density at radius 2 is 2.14 bits per heavy atom. The van der Waals surface area contributed by atoms with Gasteiger partial charge in [-0.05, 0) is 18.6 Å². The van der Waals surface area contributed by atoms with Gasteiger partial charge in [0.2, 0.25) is 6.79 Å². The van der Waals surface area contributed by atoms with Crippen molar-refractivity contribution in [1.82, 2.24) is 10.3 Å². The third kappa shape index (κ3) is 3.06. The Bertz CT molecular complexity index is 701. The molecule has 0 atom stereocenters. The number of benzene rings is 1. The zero-order chi connectivity index (χ0) is 15.5. The number of thiazole rings is 1. The van der Waals surface area contributed by atoms with Crippen molar-refractivity contribution in [3.8, 4) is 11.5 Å². The molecule has 0 fully saturated rings. The number of amides is 2. The van der Waals surface area contributed by atoms with E-state index in [-0.39, 0.29) is 12.8 Å². The van der Waals surface area contributed by atoms with E-state index in [2.05, 4.69) is 20.9 Å². The molecule has 1 aromatic carbocycles. The van der Waals surface area contributed by atoms with Crippen LogP contribution in [0.5, 0.6) is 11.5 Å². The molecular formula is C14H16N4O3S. The zero-order valence-electron chi connectivity index (χ0n) is 12.2. The lowest BCUT2D eigenvalue weighted by Gasteiger charge is -2.10. The Kier molecular flexibility index (Phi) is 4.01. The molecule has 0 bridgehead atoms. The van der Waals surface area contributed by atoms with Crippen molar-refractivity contribution in [3.63, 3.8) is 0 Å². The maximum absolute atomic E-state index is 12.0. The van der Waals surface area contributed by atoms with Gasteiger partial charge in [-0.15, -0.1) is 11.3 Å². The minimum absolute atomic E-state index is 0.210. The number of anilines is 2. The highest BCUT2D eigenvalue weighted by Gasteiger charge is 2.16. The van der Waals surface area contributed by atoms with Crippen molar-refractivity contribution in [1.29, 1.82) is 0 Å². The monoisotopic (exact) mass is 320 g/mol. The number of hydrogen-bond donors (Lipinski definition) is 3. The minimum Gasteiger partial charge on any atom is -0.454 e. The lowest BCUT2D eigenvalue weighted by molar-refractivity contribution is 0.174. The van der Waals surface area contributed by atoms with Crippen molar-refractivity contribution >= 4 is 28.2 Å². The number of aryl methyl sites for hydroxylation is 1. The molecule has 7 nitrogen and oxygen atoms in total. The summed E-state index contributed by atoms with van der Waals surface area (Å²) in [4.78, 5) is 16.3. The van der Waals surface area contributed by atoms with Crippen molar-refractivity contribution in [2.75, 3.05) is 24.5 Å². The van der Waals surface area contributed by atoms with Gasteiger partial charge in [0.1, 0.15) is 0 Å². The van der Waals surface area contributed by atoms with Gasteiger partial charge >= 0.3 is 6.03 Å². The Balaban J connectivity index is 1.60. The van der Waals surface area contributed by atoms with Crippen LogP contribution in [0.15, 0.2) is 17.5 Å². The number of nitrogens with zero attached hydrogens (tertiary/aromatic N) is 1. The van der Waals surface area contributed by atoms with Gasteiger partial charge in [-0.2, -0.15) is 0 Å². The van der Waals surface area contributed by atoms with Crippen LogP contribution < -0.4 is 25.4 Å². The van der Waals surface area contributed by atoms with E-state index in [4.69, 9.17) is 9.47 Å². The number of urea groups is 1. The molecule has 3 rings (SSSR count). The number of rotatable bonds is 4. The first-order valence-electron chi connectivity index (χ1n) is 6.73. The normalized spacial score (nSPS) is 12.1. The van der Waals surface area contributed by atoms with Crippen LogP contribution in [0.25, 0.3) is 0 Å². The van der Waals surface area contributed by atoms with Crippen LogP contribution in [0.3, 0.4) is 0 Å². The predicted molar refractivity (Wildman–Crippen MR) is 84.8 cm³/mol. The maximum Gasteiger partial charge on any atom is 0.319 e. The standard InChI is InChI=1S/C14H16N4O3S/c1-8-3-11-12(21-7-20-11)4-10(8)18-13(19)16-5-9-6-22-14(15-2)17-9/h3-4,6H,5,7H2,1-2H3,(H,15,17)(H2,16,18,19). The summed E-state index contributed by atoms with van der Waals surface area (Å²) in [7, 11) is 1.81. The third-order valence-corrected chi connectivity index (χ3v) is 4.07. The molecule has 1 aromatic heterocycles. The second kappa shape index (κ2) is 6.10. The summed E-state index contributed by atoms with van der Waals surface area (Å²) in [6, 6.07) is 3.32. The minimum atomic E-state index is -0.291. The first-order valence-corrected chi connectivity index (χ1v) is 7.61. The van der Waals surface area contributed by atoms with Gasteiger partial charge < -0.3 is 25.4 Å². The van der Waals surface area contributed by atoms with Crippen LogP contribution in [-0.2, 0) is 6.54 Å². The fraction of sp³-hybridized carbons (Fsp3) is 0.286. The SMILES string of the molecule is CNc1nc(CNC(=O)Nc2cc3c(cc2C)OCO3)cs1. The van der Waals surface area contributed by atoms with Crippen LogP contribution in [0, 0.1) is 6.92 Å². The lowest BCUT2D eigenvalue weighted by Crippen LogP contribution is -2.28. The molecule has 0 radical (unpaired) electrons. The van der Waals surface area contributed by atoms with Gasteiger partial charge in [-0.25, -0.2) is 9.78 Å². The molecule has 0 spiro atoms. The second-order valence-electron chi connectivity index (χ2n) is 4.72. The van der Waals surface area contributed by atoms with Crippen LogP contribution in [-0.4, -0.2) is 24.9 Å². The highest BCUT2D eigenvalue weighted by atomic mass is 32.1. The van der Waals surface area contributed by atoms with Crippen molar-refractivity contribution in [2.24, 2.45) is 0 Å². The average Bonchev–Trinajstić information content (AvgIpc) is 3.14. The summed E-state index contributed by atoms with van der Waals surface area (Å²) in [5.74, 6) is 1.34. The number of nitrogens with one attached hydrogen (secondary N) is 3. The first-order chi connectivity index (χ1) is 10.7. The highest BCUT2D eigenvalue weighted by molar-refractivity contribution is 7.13. The fourth-order valence-electron chi connectivity index (χ4n) is 2.02. The summed E-state index contributed by atoms with van der Waals surface area (Å²) in [5, 5.41) is 11.3. The summed E-state index contributed by atoms with van der Waals surface area (Å²) in [6.45, 7) is 2.48. The number of carbonyl (C=O) groups excluding carboxylic acids is 1. The number of ether oxygens (including phenoxy) is 2. The zero-order valence-corrected chi connectivity index (χ0v) is 13.0. The van der Waals surface area contributed by atoms with Crippen LogP contribution >= 0.6 is 11.3 Å². The van der Waals surface area contributed by atoms with Gasteiger partial charge in [-0.3, -0.25) is 0 Å². The maximum atomic E-state index is 12.0. The predicted octanol–water partition coefficient (Wildman–Crippen LogP) is 2.54. The van der Waals surface area contributed by atoms with Gasteiger partial charge in [0.15, 0.2) is 16.6 Å². The van der Waals surface area contributed by atoms with Gasteiger partial charge in [0, 0.05) is 24.2 Å². The van der Waals surface area contributed by atoms with E-state index in [9.17, 15) is 4.79 Å². The second-order valence-corrected chi connectivity index (χ2v) is 5.58. The molecule has 0 unspecified atom stereocenters. The van der Waals surface area contributed by atoms with Gasteiger partial charge in [-0.1, -0.05) is 0 Å². The van der Waals surface area contributed by atoms with Crippen molar-refractivity contribution in [2.45, 2.75) is 13.5 Å².